The monoisotopic (exact) mass is 204 g/mol. The predicted molar refractivity (Wildman–Crippen MR) is 63.3 cm³/mol. The van der Waals surface area contributed by atoms with Crippen LogP contribution in [0.5, 0.6) is 0 Å². The van der Waals surface area contributed by atoms with Crippen LogP contribution in [0, 0.1) is 0 Å². The van der Waals surface area contributed by atoms with E-state index in [1.807, 2.05) is 0 Å². The molecule has 0 aromatic carbocycles. The second-order valence-electron chi connectivity index (χ2n) is 3.36. The highest BCUT2D eigenvalue weighted by atomic mass is 31.1. The highest BCUT2D eigenvalue weighted by Crippen LogP contribution is 2.13. The van der Waals surface area contributed by atoms with E-state index in [1.165, 1.54) is 44.4 Å². The molecule has 0 N–H and O–H groups in total. The Balaban J connectivity index is 2.76. The van der Waals surface area contributed by atoms with Crippen LogP contribution in [0.1, 0.15) is 46.0 Å². The van der Waals surface area contributed by atoms with E-state index in [-0.39, 0.29) is 0 Å². The Morgan fingerprint density at radius 1 is 0.923 bits per heavy atom. The van der Waals surface area contributed by atoms with Crippen LogP contribution in [0.2, 0.25) is 0 Å². The Kier molecular flexibility index (Phi) is 12.8. The van der Waals surface area contributed by atoms with Crippen molar-refractivity contribution in [1.82, 2.24) is 0 Å². The van der Waals surface area contributed by atoms with Crippen molar-refractivity contribution in [2.24, 2.45) is 0 Å². The van der Waals surface area contributed by atoms with Crippen molar-refractivity contribution in [3.05, 3.63) is 0 Å². The van der Waals surface area contributed by atoms with E-state index >= 15 is 0 Å². The molecular formula is C11H25OP. The Morgan fingerprint density at radius 3 is 2.38 bits per heavy atom. The van der Waals surface area contributed by atoms with E-state index < -0.39 is 0 Å². The van der Waals surface area contributed by atoms with Crippen LogP contribution in [0.15, 0.2) is 0 Å². The summed E-state index contributed by atoms with van der Waals surface area (Å²) in [6.45, 7) is 6.18. The molecule has 0 saturated heterocycles. The third-order valence-electron chi connectivity index (χ3n) is 2.08. The Labute approximate surface area is 85.4 Å². The average molecular weight is 204 g/mol. The molecule has 0 amide bonds. The molecular weight excluding hydrogens is 179 g/mol. The van der Waals surface area contributed by atoms with Gasteiger partial charge in [0.1, 0.15) is 0 Å². The lowest BCUT2D eigenvalue weighted by Gasteiger charge is -2.02. The molecule has 0 aliphatic carbocycles. The van der Waals surface area contributed by atoms with Crippen LogP contribution in [0.25, 0.3) is 0 Å². The summed E-state index contributed by atoms with van der Waals surface area (Å²) in [5.41, 5.74) is 0. The fourth-order valence-corrected chi connectivity index (χ4v) is 2.31. The van der Waals surface area contributed by atoms with Crippen molar-refractivity contribution in [2.75, 3.05) is 25.5 Å². The summed E-state index contributed by atoms with van der Waals surface area (Å²) in [5.74, 6) is 0. The molecule has 0 fully saturated rings. The van der Waals surface area contributed by atoms with Gasteiger partial charge in [0, 0.05) is 6.61 Å². The summed E-state index contributed by atoms with van der Waals surface area (Å²) < 4.78 is 5.29. The third kappa shape index (κ3) is 12.4. The van der Waals surface area contributed by atoms with Gasteiger partial charge in [-0.1, -0.05) is 32.6 Å². The molecule has 2 heteroatoms. The van der Waals surface area contributed by atoms with Crippen LogP contribution in [0.4, 0.5) is 0 Å². The minimum atomic E-state index is 0.876. The normalized spacial score (nSPS) is 11.5. The molecule has 0 heterocycles. The molecule has 0 saturated carbocycles. The first kappa shape index (κ1) is 13.4. The van der Waals surface area contributed by atoms with Gasteiger partial charge in [0.25, 0.3) is 0 Å². The maximum Gasteiger partial charge on any atom is 0.0502 e. The zero-order valence-corrected chi connectivity index (χ0v) is 10.3. The Morgan fingerprint density at radius 2 is 1.69 bits per heavy atom. The van der Waals surface area contributed by atoms with Gasteiger partial charge in [-0.05, 0) is 25.7 Å². The number of hydrogen-bond donors (Lipinski definition) is 0. The summed E-state index contributed by atoms with van der Waals surface area (Å²) >= 11 is 0. The molecule has 0 rings (SSSR count). The summed E-state index contributed by atoms with van der Waals surface area (Å²) in [6.07, 6.45) is 9.79. The minimum absolute atomic E-state index is 0.876. The van der Waals surface area contributed by atoms with Crippen LogP contribution in [-0.2, 0) is 4.74 Å². The van der Waals surface area contributed by atoms with Crippen molar-refractivity contribution in [3.8, 4) is 0 Å². The molecule has 0 aromatic rings. The molecule has 0 spiro atoms. The average Bonchev–Trinajstić information content (AvgIpc) is 2.16. The van der Waals surface area contributed by atoms with Gasteiger partial charge >= 0.3 is 0 Å². The van der Waals surface area contributed by atoms with Crippen molar-refractivity contribution >= 4 is 8.58 Å². The standard InChI is InChI=1S/C11H25OP/c1-3-5-6-7-8-10-13-11-9-12-4-2/h13H,3-11H2,1-2H3. The number of ether oxygens (including phenoxy) is 1. The largest absolute Gasteiger partial charge is 0.381 e. The van der Waals surface area contributed by atoms with Crippen LogP contribution >= 0.6 is 8.58 Å². The molecule has 1 unspecified atom stereocenters. The fourth-order valence-electron chi connectivity index (χ4n) is 1.27. The molecule has 0 aromatic heterocycles. The first-order valence-corrected chi connectivity index (χ1v) is 7.11. The number of rotatable bonds is 10. The maximum atomic E-state index is 5.29. The SMILES string of the molecule is CCCCCCCPCCOCC. The first-order valence-electron chi connectivity index (χ1n) is 5.70. The molecule has 1 nitrogen and oxygen atoms in total. The van der Waals surface area contributed by atoms with E-state index in [0.29, 0.717) is 0 Å². The van der Waals surface area contributed by atoms with Crippen LogP contribution in [-0.4, -0.2) is 25.5 Å². The summed E-state index contributed by atoms with van der Waals surface area (Å²) in [7, 11) is 1.13. The van der Waals surface area contributed by atoms with Crippen molar-refractivity contribution in [1.29, 1.82) is 0 Å². The lowest BCUT2D eigenvalue weighted by molar-refractivity contribution is 0.164. The lowest BCUT2D eigenvalue weighted by Crippen LogP contribution is -1.95. The van der Waals surface area contributed by atoms with Gasteiger partial charge in [0.2, 0.25) is 0 Å². The first-order chi connectivity index (χ1) is 6.41. The highest BCUT2D eigenvalue weighted by Gasteiger charge is 1.90. The molecule has 0 bridgehead atoms. The minimum Gasteiger partial charge on any atom is -0.381 e. The third-order valence-corrected chi connectivity index (χ3v) is 3.35. The summed E-state index contributed by atoms with van der Waals surface area (Å²) in [6, 6.07) is 0. The fraction of sp³-hybridized carbons (Fsp3) is 1.00. The Bertz CT molecular complexity index is 76.2. The van der Waals surface area contributed by atoms with Crippen molar-refractivity contribution in [3.63, 3.8) is 0 Å². The summed E-state index contributed by atoms with van der Waals surface area (Å²) in [5, 5.41) is 0. The molecule has 80 valence electrons. The second kappa shape index (κ2) is 12.4. The topological polar surface area (TPSA) is 9.23 Å². The number of hydrogen-bond acceptors (Lipinski definition) is 1. The predicted octanol–water partition coefficient (Wildman–Crippen LogP) is 3.67. The molecule has 0 aliphatic heterocycles. The van der Waals surface area contributed by atoms with Gasteiger partial charge in [0.05, 0.1) is 6.61 Å². The Hall–Kier alpha value is 0.390. The van der Waals surface area contributed by atoms with Gasteiger partial charge < -0.3 is 4.74 Å². The zero-order chi connectivity index (χ0) is 9.78. The van der Waals surface area contributed by atoms with E-state index in [2.05, 4.69) is 13.8 Å². The van der Waals surface area contributed by atoms with E-state index in [0.717, 1.165) is 21.8 Å². The van der Waals surface area contributed by atoms with Crippen LogP contribution < -0.4 is 0 Å². The van der Waals surface area contributed by atoms with Crippen LogP contribution in [0.3, 0.4) is 0 Å². The highest BCUT2D eigenvalue weighted by molar-refractivity contribution is 7.37. The lowest BCUT2D eigenvalue weighted by atomic mass is 10.2. The molecule has 13 heavy (non-hydrogen) atoms. The van der Waals surface area contributed by atoms with Crippen molar-refractivity contribution in [2.45, 2.75) is 46.0 Å². The second-order valence-corrected chi connectivity index (χ2v) is 4.86. The van der Waals surface area contributed by atoms with Gasteiger partial charge in [0.15, 0.2) is 0 Å². The quantitative estimate of drug-likeness (QED) is 0.389. The molecule has 1 atom stereocenters. The van der Waals surface area contributed by atoms with Gasteiger partial charge in [-0.2, -0.15) is 0 Å². The maximum absolute atomic E-state index is 5.29. The molecule has 0 aliphatic rings. The van der Waals surface area contributed by atoms with E-state index in [1.54, 1.807) is 0 Å². The van der Waals surface area contributed by atoms with Gasteiger partial charge in [-0.3, -0.25) is 0 Å². The summed E-state index contributed by atoms with van der Waals surface area (Å²) in [4.78, 5) is 0. The van der Waals surface area contributed by atoms with Gasteiger partial charge in [-0.15, -0.1) is 8.58 Å². The zero-order valence-electron chi connectivity index (χ0n) is 9.27. The van der Waals surface area contributed by atoms with E-state index in [4.69, 9.17) is 4.74 Å². The molecule has 0 radical (unpaired) electrons. The van der Waals surface area contributed by atoms with Crippen molar-refractivity contribution < 1.29 is 4.74 Å². The number of unbranched alkanes of at least 4 members (excludes halogenated alkanes) is 4. The van der Waals surface area contributed by atoms with E-state index in [9.17, 15) is 0 Å². The smallest absolute Gasteiger partial charge is 0.0502 e. The van der Waals surface area contributed by atoms with Gasteiger partial charge in [-0.25, -0.2) is 0 Å².